The Morgan fingerprint density at radius 1 is 1.15 bits per heavy atom. The number of carbonyl (C=O) groups excluding carboxylic acids is 2. The largest absolute Gasteiger partial charge is 0.353 e. The minimum atomic E-state index is -0.478. The van der Waals surface area contributed by atoms with Crippen LogP contribution < -0.4 is 10.6 Å². The Morgan fingerprint density at radius 3 is 2.48 bits per heavy atom. The van der Waals surface area contributed by atoms with E-state index in [1.807, 2.05) is 0 Å². The van der Waals surface area contributed by atoms with Gasteiger partial charge in [0.15, 0.2) is 0 Å². The molecule has 2 N–H and O–H groups in total. The van der Waals surface area contributed by atoms with Crippen molar-refractivity contribution in [3.8, 4) is 0 Å². The third-order valence-corrected chi connectivity index (χ3v) is 6.34. The molecule has 5 nitrogen and oxygen atoms in total. The normalized spacial score (nSPS) is 24.2. The summed E-state index contributed by atoms with van der Waals surface area (Å²) in [6, 6.07) is 6.21. The fraction of sp³-hybridized carbons (Fsp3) is 0.600. The first kappa shape index (κ1) is 20.1. The minimum Gasteiger partial charge on any atom is -0.353 e. The van der Waals surface area contributed by atoms with Crippen molar-refractivity contribution in [2.45, 2.75) is 38.1 Å². The molecule has 2 amide bonds. The Morgan fingerprint density at radius 2 is 1.81 bits per heavy atom. The second-order valence-corrected chi connectivity index (χ2v) is 7.92. The maximum absolute atomic E-state index is 13.8. The highest BCUT2D eigenvalue weighted by atomic mass is 35.5. The average molecular weight is 396 g/mol. The maximum atomic E-state index is 13.8. The van der Waals surface area contributed by atoms with Gasteiger partial charge in [-0.3, -0.25) is 9.59 Å². The van der Waals surface area contributed by atoms with Crippen molar-refractivity contribution in [2.24, 2.45) is 11.3 Å². The highest BCUT2D eigenvalue weighted by Crippen LogP contribution is 2.58. The van der Waals surface area contributed by atoms with E-state index in [-0.39, 0.29) is 47.2 Å². The van der Waals surface area contributed by atoms with E-state index in [9.17, 15) is 14.0 Å². The molecular formula is C20H27ClFN3O2. The zero-order valence-electron chi connectivity index (χ0n) is 15.4. The lowest BCUT2D eigenvalue weighted by atomic mass is 9.91. The van der Waals surface area contributed by atoms with Crippen LogP contribution in [0.15, 0.2) is 24.3 Å². The third-order valence-electron chi connectivity index (χ3n) is 6.34. The SMILES string of the molecule is Cl.O=C(NC1CCN(C(=O)c2ccccc2F)CC1)C1CC12CCNCC2. The van der Waals surface area contributed by atoms with Crippen molar-refractivity contribution in [1.82, 2.24) is 15.5 Å². The quantitative estimate of drug-likeness (QED) is 0.825. The molecule has 148 valence electrons. The molecule has 2 saturated heterocycles. The van der Waals surface area contributed by atoms with Crippen molar-refractivity contribution < 1.29 is 14.0 Å². The molecule has 1 aliphatic carbocycles. The number of hydrogen-bond donors (Lipinski definition) is 2. The Labute approximate surface area is 165 Å². The summed E-state index contributed by atoms with van der Waals surface area (Å²) in [6.45, 7) is 3.14. The highest BCUT2D eigenvalue weighted by molar-refractivity contribution is 5.94. The van der Waals surface area contributed by atoms with Crippen molar-refractivity contribution >= 4 is 24.2 Å². The number of carbonyl (C=O) groups is 2. The standard InChI is InChI=1S/C20H26FN3O2.ClH/c21-17-4-2-1-3-15(17)19(26)24-11-5-14(6-12-24)23-18(25)16-13-20(16)7-9-22-10-8-20;/h1-4,14,16,22H,5-13H2,(H,23,25);1H. The van der Waals surface area contributed by atoms with E-state index >= 15 is 0 Å². The van der Waals surface area contributed by atoms with Gasteiger partial charge < -0.3 is 15.5 Å². The van der Waals surface area contributed by atoms with Crippen LogP contribution in [-0.4, -0.2) is 48.9 Å². The van der Waals surface area contributed by atoms with Gasteiger partial charge in [-0.2, -0.15) is 0 Å². The van der Waals surface area contributed by atoms with E-state index in [2.05, 4.69) is 10.6 Å². The van der Waals surface area contributed by atoms with E-state index in [0.29, 0.717) is 13.1 Å². The van der Waals surface area contributed by atoms with Gasteiger partial charge in [-0.05, 0) is 62.7 Å². The van der Waals surface area contributed by atoms with E-state index in [4.69, 9.17) is 0 Å². The fourth-order valence-electron chi connectivity index (χ4n) is 4.53. The van der Waals surface area contributed by atoms with Gasteiger partial charge >= 0.3 is 0 Å². The van der Waals surface area contributed by atoms with Gasteiger partial charge in [-0.15, -0.1) is 12.4 Å². The van der Waals surface area contributed by atoms with Crippen LogP contribution in [0, 0.1) is 17.2 Å². The van der Waals surface area contributed by atoms with E-state index in [1.54, 1.807) is 17.0 Å². The van der Waals surface area contributed by atoms with Crippen molar-refractivity contribution in [2.75, 3.05) is 26.2 Å². The Hall–Kier alpha value is -1.66. The summed E-state index contributed by atoms with van der Waals surface area (Å²) in [4.78, 5) is 26.7. The molecule has 27 heavy (non-hydrogen) atoms. The number of benzene rings is 1. The van der Waals surface area contributed by atoms with Gasteiger partial charge in [0, 0.05) is 25.0 Å². The second kappa shape index (κ2) is 8.15. The Bertz CT molecular complexity index is 700. The van der Waals surface area contributed by atoms with Gasteiger partial charge in [-0.25, -0.2) is 4.39 Å². The molecule has 1 aromatic carbocycles. The summed E-state index contributed by atoms with van der Waals surface area (Å²) in [5, 5.41) is 6.55. The lowest BCUT2D eigenvalue weighted by Gasteiger charge is -2.33. The van der Waals surface area contributed by atoms with Crippen LogP contribution in [0.3, 0.4) is 0 Å². The van der Waals surface area contributed by atoms with Gasteiger partial charge in [0.1, 0.15) is 5.82 Å². The lowest BCUT2D eigenvalue weighted by molar-refractivity contribution is -0.124. The first-order valence-corrected chi connectivity index (χ1v) is 9.64. The number of nitrogens with zero attached hydrogens (tertiary/aromatic N) is 1. The smallest absolute Gasteiger partial charge is 0.256 e. The fourth-order valence-corrected chi connectivity index (χ4v) is 4.53. The van der Waals surface area contributed by atoms with Gasteiger partial charge in [-0.1, -0.05) is 12.1 Å². The predicted octanol–water partition coefficient (Wildman–Crippen LogP) is 2.36. The number of rotatable bonds is 3. The number of nitrogens with one attached hydrogen (secondary N) is 2. The third kappa shape index (κ3) is 4.11. The van der Waals surface area contributed by atoms with Crippen LogP contribution in [0.2, 0.25) is 0 Å². The van der Waals surface area contributed by atoms with Gasteiger partial charge in [0.05, 0.1) is 5.56 Å². The van der Waals surface area contributed by atoms with Gasteiger partial charge in [0.25, 0.3) is 5.91 Å². The monoisotopic (exact) mass is 395 g/mol. The minimum absolute atomic E-state index is 0. The Balaban J connectivity index is 0.00000210. The zero-order chi connectivity index (χ0) is 18.1. The van der Waals surface area contributed by atoms with Crippen molar-refractivity contribution in [3.63, 3.8) is 0 Å². The topological polar surface area (TPSA) is 61.4 Å². The number of hydrogen-bond acceptors (Lipinski definition) is 3. The van der Waals surface area contributed by atoms with E-state index < -0.39 is 5.82 Å². The molecule has 1 saturated carbocycles. The summed E-state index contributed by atoms with van der Waals surface area (Å²) in [5.41, 5.74) is 0.373. The predicted molar refractivity (Wildman–Crippen MR) is 103 cm³/mol. The molecule has 2 heterocycles. The molecule has 3 fully saturated rings. The van der Waals surface area contributed by atoms with Crippen molar-refractivity contribution in [3.05, 3.63) is 35.6 Å². The first-order valence-electron chi connectivity index (χ1n) is 9.64. The van der Waals surface area contributed by atoms with Crippen molar-refractivity contribution in [1.29, 1.82) is 0 Å². The van der Waals surface area contributed by atoms with Crippen LogP contribution in [0.1, 0.15) is 42.5 Å². The molecule has 1 atom stereocenters. The van der Waals surface area contributed by atoms with Crippen LogP contribution in [-0.2, 0) is 4.79 Å². The average Bonchev–Trinajstić information content (AvgIpc) is 3.36. The molecule has 1 unspecified atom stereocenters. The molecule has 0 bridgehead atoms. The number of likely N-dealkylation sites (tertiary alicyclic amines) is 1. The Kier molecular flexibility index (Phi) is 6.06. The summed E-state index contributed by atoms with van der Waals surface area (Å²) < 4.78 is 13.8. The van der Waals surface area contributed by atoms with Gasteiger partial charge in [0.2, 0.25) is 5.91 Å². The summed E-state index contributed by atoms with van der Waals surface area (Å²) in [5.74, 6) is -0.383. The van der Waals surface area contributed by atoms with Crippen LogP contribution in [0.25, 0.3) is 0 Å². The molecule has 0 radical (unpaired) electrons. The molecule has 0 aromatic heterocycles. The van der Waals surface area contributed by atoms with E-state index in [0.717, 1.165) is 45.2 Å². The summed E-state index contributed by atoms with van der Waals surface area (Å²) in [6.07, 6.45) is 4.67. The number of amides is 2. The zero-order valence-corrected chi connectivity index (χ0v) is 16.2. The number of halogens is 2. The van der Waals surface area contributed by atoms with Crippen LogP contribution >= 0.6 is 12.4 Å². The van der Waals surface area contributed by atoms with E-state index in [1.165, 1.54) is 12.1 Å². The molecule has 2 aliphatic heterocycles. The molecule has 1 aromatic rings. The molecular weight excluding hydrogens is 369 g/mol. The maximum Gasteiger partial charge on any atom is 0.256 e. The number of piperidine rings is 2. The molecule has 7 heteroatoms. The highest BCUT2D eigenvalue weighted by Gasteiger charge is 2.57. The summed E-state index contributed by atoms with van der Waals surface area (Å²) in [7, 11) is 0. The molecule has 4 rings (SSSR count). The van der Waals surface area contributed by atoms with Crippen LogP contribution in [0.4, 0.5) is 4.39 Å². The second-order valence-electron chi connectivity index (χ2n) is 7.92. The van der Waals surface area contributed by atoms with Crippen LogP contribution in [0.5, 0.6) is 0 Å². The summed E-state index contributed by atoms with van der Waals surface area (Å²) >= 11 is 0. The molecule has 3 aliphatic rings. The molecule has 1 spiro atoms. The first-order chi connectivity index (χ1) is 12.6. The lowest BCUT2D eigenvalue weighted by Crippen LogP contribution is -2.47.